The Hall–Kier alpha value is -1.72. The van der Waals surface area contributed by atoms with Crippen molar-refractivity contribution in [2.24, 2.45) is 5.92 Å². The van der Waals surface area contributed by atoms with Crippen molar-refractivity contribution in [3.05, 3.63) is 52.0 Å². The van der Waals surface area contributed by atoms with Crippen molar-refractivity contribution in [3.63, 3.8) is 0 Å². The molecule has 0 saturated carbocycles. The first kappa shape index (κ1) is 14.7. The minimum atomic E-state index is -0.995. The molecule has 2 N–H and O–H groups in total. The van der Waals surface area contributed by atoms with E-state index in [1.54, 1.807) is 17.4 Å². The van der Waals surface area contributed by atoms with Crippen LogP contribution in [0, 0.1) is 5.92 Å². The van der Waals surface area contributed by atoms with Crippen molar-refractivity contribution in [3.8, 4) is 0 Å². The number of carbonyl (C=O) groups is 1. The number of aromatic carboxylic acids is 1. The predicted octanol–water partition coefficient (Wildman–Crippen LogP) is 3.33. The van der Waals surface area contributed by atoms with Crippen LogP contribution < -0.4 is 5.32 Å². The Bertz CT molecular complexity index is 567. The standard InChI is InChI=1S/C15H18N2O2S/c1-10(2)14(13-7-4-8-20-13)16-9-11-5-3-6-12(17-11)15(18)19/h3-8,10,14,16H,9H2,1-2H3,(H,18,19). The number of carboxylic acid groups (broad SMARTS) is 1. The molecular weight excluding hydrogens is 272 g/mol. The Morgan fingerprint density at radius 3 is 2.75 bits per heavy atom. The average Bonchev–Trinajstić information content (AvgIpc) is 2.93. The van der Waals surface area contributed by atoms with E-state index in [4.69, 9.17) is 5.11 Å². The van der Waals surface area contributed by atoms with Crippen molar-refractivity contribution < 1.29 is 9.90 Å². The predicted molar refractivity (Wildman–Crippen MR) is 79.9 cm³/mol. The second kappa shape index (κ2) is 6.63. The molecule has 4 nitrogen and oxygen atoms in total. The highest BCUT2D eigenvalue weighted by molar-refractivity contribution is 7.10. The normalized spacial score (nSPS) is 12.6. The second-order valence-electron chi connectivity index (χ2n) is 4.94. The van der Waals surface area contributed by atoms with E-state index in [1.807, 2.05) is 12.1 Å². The van der Waals surface area contributed by atoms with Crippen molar-refractivity contribution in [2.45, 2.75) is 26.4 Å². The van der Waals surface area contributed by atoms with E-state index in [-0.39, 0.29) is 11.7 Å². The SMILES string of the molecule is CC(C)C(NCc1cccc(C(=O)O)n1)c1cccs1. The van der Waals surface area contributed by atoms with Gasteiger partial charge in [0, 0.05) is 17.5 Å². The van der Waals surface area contributed by atoms with Gasteiger partial charge in [0.1, 0.15) is 5.69 Å². The zero-order valence-corrected chi connectivity index (χ0v) is 12.4. The minimum absolute atomic E-state index is 0.0847. The summed E-state index contributed by atoms with van der Waals surface area (Å²) in [4.78, 5) is 16.3. The van der Waals surface area contributed by atoms with E-state index in [2.05, 4.69) is 35.6 Å². The van der Waals surface area contributed by atoms with Gasteiger partial charge in [0.2, 0.25) is 0 Å². The van der Waals surface area contributed by atoms with Gasteiger partial charge in [-0.2, -0.15) is 0 Å². The fourth-order valence-electron chi connectivity index (χ4n) is 2.04. The van der Waals surface area contributed by atoms with E-state index in [0.29, 0.717) is 12.5 Å². The summed E-state index contributed by atoms with van der Waals surface area (Å²) in [5, 5.41) is 14.5. The molecule has 0 amide bonds. The van der Waals surface area contributed by atoms with Gasteiger partial charge in [-0.3, -0.25) is 0 Å². The molecule has 0 fully saturated rings. The quantitative estimate of drug-likeness (QED) is 0.856. The fourth-order valence-corrected chi connectivity index (χ4v) is 3.02. The smallest absolute Gasteiger partial charge is 0.354 e. The van der Waals surface area contributed by atoms with Crippen molar-refractivity contribution in [1.82, 2.24) is 10.3 Å². The number of thiophene rings is 1. The van der Waals surface area contributed by atoms with Crippen molar-refractivity contribution in [2.75, 3.05) is 0 Å². The van der Waals surface area contributed by atoms with Gasteiger partial charge >= 0.3 is 5.97 Å². The lowest BCUT2D eigenvalue weighted by atomic mass is 10.0. The van der Waals surface area contributed by atoms with Crippen LogP contribution in [-0.4, -0.2) is 16.1 Å². The number of nitrogens with zero attached hydrogens (tertiary/aromatic N) is 1. The summed E-state index contributed by atoms with van der Waals surface area (Å²) in [5.41, 5.74) is 0.827. The third kappa shape index (κ3) is 3.65. The summed E-state index contributed by atoms with van der Waals surface area (Å²) in [6, 6.07) is 9.48. The maximum Gasteiger partial charge on any atom is 0.354 e. The second-order valence-corrected chi connectivity index (χ2v) is 5.92. The van der Waals surface area contributed by atoms with E-state index in [9.17, 15) is 4.79 Å². The topological polar surface area (TPSA) is 62.2 Å². The van der Waals surface area contributed by atoms with Gasteiger partial charge in [-0.15, -0.1) is 11.3 Å². The van der Waals surface area contributed by atoms with Gasteiger partial charge in [-0.1, -0.05) is 26.0 Å². The third-order valence-corrected chi connectivity index (χ3v) is 4.00. The van der Waals surface area contributed by atoms with Crippen molar-refractivity contribution >= 4 is 17.3 Å². The molecular formula is C15H18N2O2S. The molecule has 2 aromatic rings. The summed E-state index contributed by atoms with van der Waals surface area (Å²) in [7, 11) is 0. The number of rotatable bonds is 6. The Labute approximate surface area is 122 Å². The molecule has 0 aliphatic carbocycles. The van der Waals surface area contributed by atoms with E-state index in [1.165, 1.54) is 10.9 Å². The molecule has 2 heterocycles. The Morgan fingerprint density at radius 1 is 1.35 bits per heavy atom. The minimum Gasteiger partial charge on any atom is -0.477 e. The van der Waals surface area contributed by atoms with Crippen LogP contribution >= 0.6 is 11.3 Å². The molecule has 0 radical (unpaired) electrons. The molecule has 106 valence electrons. The molecule has 0 spiro atoms. The Morgan fingerprint density at radius 2 is 2.15 bits per heavy atom. The summed E-state index contributed by atoms with van der Waals surface area (Å²) in [6.07, 6.45) is 0. The highest BCUT2D eigenvalue weighted by atomic mass is 32.1. The van der Waals surface area contributed by atoms with Crippen molar-refractivity contribution in [1.29, 1.82) is 0 Å². The number of hydrogen-bond acceptors (Lipinski definition) is 4. The van der Waals surface area contributed by atoms with Gasteiger partial charge in [-0.25, -0.2) is 9.78 Å². The fraction of sp³-hybridized carbons (Fsp3) is 0.333. The van der Waals surface area contributed by atoms with Gasteiger partial charge in [0.05, 0.1) is 5.69 Å². The Kier molecular flexibility index (Phi) is 4.87. The zero-order chi connectivity index (χ0) is 14.5. The molecule has 2 rings (SSSR count). The summed E-state index contributed by atoms with van der Waals surface area (Å²) < 4.78 is 0. The molecule has 2 aromatic heterocycles. The number of aromatic nitrogens is 1. The van der Waals surface area contributed by atoms with Crippen LogP contribution in [0.1, 0.15) is 40.9 Å². The highest BCUT2D eigenvalue weighted by Crippen LogP contribution is 2.25. The Balaban J connectivity index is 2.06. The summed E-state index contributed by atoms with van der Waals surface area (Å²) >= 11 is 1.73. The van der Waals surface area contributed by atoms with Crippen LogP contribution in [0.2, 0.25) is 0 Å². The molecule has 0 aromatic carbocycles. The zero-order valence-electron chi connectivity index (χ0n) is 11.5. The first-order chi connectivity index (χ1) is 9.58. The number of nitrogens with one attached hydrogen (secondary N) is 1. The molecule has 1 unspecified atom stereocenters. The number of pyridine rings is 1. The van der Waals surface area contributed by atoms with Gasteiger partial charge < -0.3 is 10.4 Å². The number of carboxylic acids is 1. The molecule has 0 aliphatic rings. The largest absolute Gasteiger partial charge is 0.477 e. The van der Waals surface area contributed by atoms with E-state index >= 15 is 0 Å². The number of hydrogen-bond donors (Lipinski definition) is 2. The highest BCUT2D eigenvalue weighted by Gasteiger charge is 2.16. The first-order valence-electron chi connectivity index (χ1n) is 6.54. The lowest BCUT2D eigenvalue weighted by Crippen LogP contribution is -2.25. The van der Waals surface area contributed by atoms with Crippen LogP contribution in [0.15, 0.2) is 35.7 Å². The summed E-state index contributed by atoms with van der Waals surface area (Å²) in [5.74, 6) is -0.540. The lowest BCUT2D eigenvalue weighted by molar-refractivity contribution is 0.0690. The molecule has 5 heteroatoms. The first-order valence-corrected chi connectivity index (χ1v) is 7.42. The summed E-state index contributed by atoms with van der Waals surface area (Å²) in [6.45, 7) is 4.89. The average molecular weight is 290 g/mol. The van der Waals surface area contributed by atoms with E-state index < -0.39 is 5.97 Å². The monoisotopic (exact) mass is 290 g/mol. The van der Waals surface area contributed by atoms with Crippen LogP contribution in [0.4, 0.5) is 0 Å². The lowest BCUT2D eigenvalue weighted by Gasteiger charge is -2.21. The van der Waals surface area contributed by atoms with Gasteiger partial charge in [-0.05, 0) is 29.5 Å². The molecule has 20 heavy (non-hydrogen) atoms. The molecule has 0 saturated heterocycles. The van der Waals surface area contributed by atoms with Gasteiger partial charge in [0.15, 0.2) is 0 Å². The van der Waals surface area contributed by atoms with Crippen LogP contribution in [0.25, 0.3) is 0 Å². The van der Waals surface area contributed by atoms with Crippen LogP contribution in [-0.2, 0) is 6.54 Å². The third-order valence-electron chi connectivity index (χ3n) is 3.05. The van der Waals surface area contributed by atoms with Crippen LogP contribution in [0.5, 0.6) is 0 Å². The molecule has 1 atom stereocenters. The van der Waals surface area contributed by atoms with E-state index in [0.717, 1.165) is 5.69 Å². The van der Waals surface area contributed by atoms with Crippen LogP contribution in [0.3, 0.4) is 0 Å². The molecule has 0 bridgehead atoms. The van der Waals surface area contributed by atoms with Gasteiger partial charge in [0.25, 0.3) is 0 Å². The molecule has 0 aliphatic heterocycles. The maximum absolute atomic E-state index is 10.9. The maximum atomic E-state index is 10.9.